The molecule has 2 aliphatic rings. The van der Waals surface area contributed by atoms with Crippen molar-refractivity contribution < 1.29 is 9.90 Å². The predicted molar refractivity (Wildman–Crippen MR) is 86.2 cm³/mol. The fraction of sp³-hybridized carbons (Fsp3) is 0.611. The number of carbonyl (C=O) groups excluding carboxylic acids is 1. The predicted octanol–water partition coefficient (Wildman–Crippen LogP) is 2.16. The number of benzene rings is 1. The highest BCUT2D eigenvalue weighted by atomic mass is 16.3. The highest BCUT2D eigenvalue weighted by Gasteiger charge is 2.28. The van der Waals surface area contributed by atoms with Gasteiger partial charge in [-0.05, 0) is 36.9 Å². The lowest BCUT2D eigenvalue weighted by molar-refractivity contribution is -0.128. The summed E-state index contributed by atoms with van der Waals surface area (Å²) in [6, 6.07) is 8.71. The summed E-state index contributed by atoms with van der Waals surface area (Å²) in [5, 5.41) is 9.13. The summed E-state index contributed by atoms with van der Waals surface area (Å²) >= 11 is 0. The summed E-state index contributed by atoms with van der Waals surface area (Å²) in [6.45, 7) is 4.00. The number of hydrogen-bond acceptors (Lipinski definition) is 3. The van der Waals surface area contributed by atoms with Crippen molar-refractivity contribution in [3.63, 3.8) is 0 Å². The molecule has 1 aromatic rings. The smallest absolute Gasteiger partial charge is 0.222 e. The number of nitrogens with zero attached hydrogens (tertiary/aromatic N) is 2. The van der Waals surface area contributed by atoms with Crippen molar-refractivity contribution in [2.75, 3.05) is 19.6 Å². The summed E-state index contributed by atoms with van der Waals surface area (Å²) < 4.78 is 0. The average Bonchev–Trinajstić information content (AvgIpc) is 2.95. The summed E-state index contributed by atoms with van der Waals surface area (Å²) in [5.74, 6) is 0.331. The zero-order valence-corrected chi connectivity index (χ0v) is 13.2. The first-order valence-electron chi connectivity index (χ1n) is 8.47. The number of aliphatic hydroxyl groups excluding tert-OH is 1. The van der Waals surface area contributed by atoms with Crippen LogP contribution in [0.4, 0.5) is 0 Å². The third-order valence-electron chi connectivity index (χ3n) is 4.94. The molecule has 2 fully saturated rings. The molecular weight excluding hydrogens is 276 g/mol. The van der Waals surface area contributed by atoms with Gasteiger partial charge >= 0.3 is 0 Å². The van der Waals surface area contributed by atoms with Crippen LogP contribution in [-0.4, -0.2) is 46.5 Å². The van der Waals surface area contributed by atoms with Gasteiger partial charge in [0.1, 0.15) is 0 Å². The van der Waals surface area contributed by atoms with Gasteiger partial charge in [-0.15, -0.1) is 0 Å². The summed E-state index contributed by atoms with van der Waals surface area (Å²) in [4.78, 5) is 16.5. The van der Waals surface area contributed by atoms with Crippen molar-refractivity contribution in [3.8, 4) is 0 Å². The van der Waals surface area contributed by atoms with Gasteiger partial charge in [-0.25, -0.2) is 0 Å². The third-order valence-corrected chi connectivity index (χ3v) is 4.94. The van der Waals surface area contributed by atoms with E-state index in [4.69, 9.17) is 5.11 Å². The third kappa shape index (κ3) is 3.68. The molecule has 4 nitrogen and oxygen atoms in total. The molecule has 2 aliphatic heterocycles. The lowest BCUT2D eigenvalue weighted by Crippen LogP contribution is -2.46. The van der Waals surface area contributed by atoms with Gasteiger partial charge in [0.2, 0.25) is 5.91 Å². The minimum atomic E-state index is 0.101. The Labute approximate surface area is 132 Å². The standard InChI is InChI=1S/C18H26N2O2/c21-14-16-8-6-15(7-9-16)12-19-10-2-1-4-17(19)13-20-11-3-5-18(20)22/h6-9,17,21H,1-5,10-14H2. The van der Waals surface area contributed by atoms with Gasteiger partial charge in [0.15, 0.2) is 0 Å². The Bertz CT molecular complexity index is 500. The van der Waals surface area contributed by atoms with Crippen molar-refractivity contribution in [2.45, 2.75) is 51.3 Å². The molecular formula is C18H26N2O2. The first-order valence-corrected chi connectivity index (χ1v) is 8.47. The van der Waals surface area contributed by atoms with Gasteiger partial charge < -0.3 is 10.0 Å². The minimum Gasteiger partial charge on any atom is -0.392 e. The SMILES string of the molecule is O=C1CCCN1CC1CCCCN1Cc1ccc(CO)cc1. The second-order valence-corrected chi connectivity index (χ2v) is 6.54. The van der Waals surface area contributed by atoms with E-state index in [1.165, 1.54) is 24.8 Å². The topological polar surface area (TPSA) is 43.8 Å². The maximum atomic E-state index is 11.9. The number of rotatable bonds is 5. The molecule has 1 atom stereocenters. The monoisotopic (exact) mass is 302 g/mol. The quantitative estimate of drug-likeness (QED) is 0.906. The van der Waals surface area contributed by atoms with E-state index in [0.717, 1.165) is 44.6 Å². The Hall–Kier alpha value is -1.39. The fourth-order valence-corrected chi connectivity index (χ4v) is 3.61. The first-order chi connectivity index (χ1) is 10.8. The number of carbonyl (C=O) groups is 1. The summed E-state index contributed by atoms with van der Waals surface area (Å²) in [6.07, 6.45) is 5.47. The highest BCUT2D eigenvalue weighted by molar-refractivity contribution is 5.78. The normalized spacial score (nSPS) is 23.2. The minimum absolute atomic E-state index is 0.101. The van der Waals surface area contributed by atoms with Gasteiger partial charge in [-0.3, -0.25) is 9.69 Å². The van der Waals surface area contributed by atoms with Crippen molar-refractivity contribution in [1.82, 2.24) is 9.80 Å². The van der Waals surface area contributed by atoms with Crippen molar-refractivity contribution in [3.05, 3.63) is 35.4 Å². The van der Waals surface area contributed by atoms with Crippen LogP contribution >= 0.6 is 0 Å². The average molecular weight is 302 g/mol. The molecule has 1 unspecified atom stereocenters. The molecule has 1 aromatic carbocycles. The van der Waals surface area contributed by atoms with Crippen LogP contribution in [0.25, 0.3) is 0 Å². The van der Waals surface area contributed by atoms with E-state index < -0.39 is 0 Å². The van der Waals surface area contributed by atoms with Crippen LogP contribution in [-0.2, 0) is 17.9 Å². The number of likely N-dealkylation sites (tertiary alicyclic amines) is 2. The number of hydrogen-bond donors (Lipinski definition) is 1. The van der Waals surface area contributed by atoms with E-state index >= 15 is 0 Å². The number of piperidine rings is 1. The Morgan fingerprint density at radius 1 is 1.05 bits per heavy atom. The van der Waals surface area contributed by atoms with Crippen LogP contribution in [0.1, 0.15) is 43.2 Å². The van der Waals surface area contributed by atoms with E-state index in [1.54, 1.807) is 0 Å². The van der Waals surface area contributed by atoms with Crippen LogP contribution < -0.4 is 0 Å². The maximum absolute atomic E-state index is 11.9. The van der Waals surface area contributed by atoms with E-state index in [-0.39, 0.29) is 6.61 Å². The van der Waals surface area contributed by atoms with Crippen molar-refractivity contribution in [1.29, 1.82) is 0 Å². The largest absolute Gasteiger partial charge is 0.392 e. The number of amides is 1. The van der Waals surface area contributed by atoms with E-state index in [9.17, 15) is 4.79 Å². The Kier molecular flexibility index (Phi) is 5.11. The number of aliphatic hydroxyl groups is 1. The van der Waals surface area contributed by atoms with Crippen LogP contribution in [0.3, 0.4) is 0 Å². The zero-order chi connectivity index (χ0) is 15.4. The molecule has 0 spiro atoms. The van der Waals surface area contributed by atoms with Crippen molar-refractivity contribution >= 4 is 5.91 Å². The fourth-order valence-electron chi connectivity index (χ4n) is 3.61. The lowest BCUT2D eigenvalue weighted by atomic mass is 10.0. The molecule has 0 aliphatic carbocycles. The van der Waals surface area contributed by atoms with Gasteiger partial charge in [0.05, 0.1) is 6.61 Å². The van der Waals surface area contributed by atoms with Crippen LogP contribution in [0.15, 0.2) is 24.3 Å². The molecule has 0 saturated carbocycles. The van der Waals surface area contributed by atoms with E-state index in [2.05, 4.69) is 21.9 Å². The lowest BCUT2D eigenvalue weighted by Gasteiger charge is -2.38. The van der Waals surface area contributed by atoms with E-state index in [0.29, 0.717) is 11.9 Å². The second-order valence-electron chi connectivity index (χ2n) is 6.54. The van der Waals surface area contributed by atoms with Gasteiger partial charge in [0, 0.05) is 32.1 Å². The van der Waals surface area contributed by atoms with Crippen LogP contribution in [0, 0.1) is 0 Å². The Balaban J connectivity index is 1.62. The molecule has 2 heterocycles. The first kappa shape index (κ1) is 15.5. The molecule has 22 heavy (non-hydrogen) atoms. The Morgan fingerprint density at radius 2 is 1.82 bits per heavy atom. The second kappa shape index (κ2) is 7.25. The van der Waals surface area contributed by atoms with Crippen molar-refractivity contribution in [2.24, 2.45) is 0 Å². The molecule has 0 radical (unpaired) electrons. The van der Waals surface area contributed by atoms with Crippen LogP contribution in [0.5, 0.6) is 0 Å². The summed E-state index contributed by atoms with van der Waals surface area (Å²) in [5.41, 5.74) is 2.25. The maximum Gasteiger partial charge on any atom is 0.222 e. The van der Waals surface area contributed by atoms with Gasteiger partial charge in [-0.1, -0.05) is 30.7 Å². The van der Waals surface area contributed by atoms with E-state index in [1.807, 2.05) is 12.1 Å². The molecule has 3 rings (SSSR count). The molecule has 0 aromatic heterocycles. The van der Waals surface area contributed by atoms with Crippen LogP contribution in [0.2, 0.25) is 0 Å². The molecule has 4 heteroatoms. The van der Waals surface area contributed by atoms with Gasteiger partial charge in [0.25, 0.3) is 0 Å². The van der Waals surface area contributed by atoms with Gasteiger partial charge in [-0.2, -0.15) is 0 Å². The summed E-state index contributed by atoms with van der Waals surface area (Å²) in [7, 11) is 0. The molecule has 0 bridgehead atoms. The zero-order valence-electron chi connectivity index (χ0n) is 13.2. The molecule has 1 N–H and O–H groups in total. The molecule has 2 saturated heterocycles. The molecule has 1 amide bonds. The molecule has 120 valence electrons. The Morgan fingerprint density at radius 3 is 2.50 bits per heavy atom. The highest BCUT2D eigenvalue weighted by Crippen LogP contribution is 2.22.